The van der Waals surface area contributed by atoms with Crippen LogP contribution in [0.25, 0.3) is 11.1 Å². The van der Waals surface area contributed by atoms with E-state index in [1.807, 2.05) is 24.3 Å². The molecule has 0 radical (unpaired) electrons. The average molecular weight is 259 g/mol. The Morgan fingerprint density at radius 3 is 2.58 bits per heavy atom. The van der Waals surface area contributed by atoms with Gasteiger partial charge in [0.2, 0.25) is 5.88 Å². The van der Waals surface area contributed by atoms with Gasteiger partial charge in [0.05, 0.1) is 14.2 Å². The van der Waals surface area contributed by atoms with Crippen LogP contribution in [0.1, 0.15) is 10.4 Å². The highest BCUT2D eigenvalue weighted by molar-refractivity contribution is 5.91. The highest BCUT2D eigenvalue weighted by Gasteiger charge is 2.14. The second kappa shape index (κ2) is 5.39. The molecule has 0 fully saturated rings. The summed E-state index contributed by atoms with van der Waals surface area (Å²) in [6.45, 7) is 0. The lowest BCUT2D eigenvalue weighted by molar-refractivity contribution is 0.0692. The molecule has 0 bridgehead atoms. The van der Waals surface area contributed by atoms with Gasteiger partial charge in [-0.15, -0.1) is 0 Å². The first kappa shape index (κ1) is 12.9. The number of rotatable bonds is 4. The lowest BCUT2D eigenvalue weighted by Gasteiger charge is -2.08. The molecule has 0 saturated heterocycles. The minimum absolute atomic E-state index is 0.0304. The molecule has 0 aliphatic rings. The van der Waals surface area contributed by atoms with Crippen LogP contribution in [0.3, 0.4) is 0 Å². The monoisotopic (exact) mass is 259 g/mol. The first-order chi connectivity index (χ1) is 9.15. The topological polar surface area (TPSA) is 68.7 Å². The summed E-state index contributed by atoms with van der Waals surface area (Å²) in [5.41, 5.74) is 1.55. The Balaban J connectivity index is 2.50. The van der Waals surface area contributed by atoms with Crippen molar-refractivity contribution in [1.29, 1.82) is 0 Å². The molecule has 0 amide bonds. The molecule has 1 N–H and O–H groups in total. The van der Waals surface area contributed by atoms with Gasteiger partial charge < -0.3 is 14.6 Å². The second-order valence-corrected chi connectivity index (χ2v) is 3.82. The normalized spacial score (nSPS) is 10.0. The maximum Gasteiger partial charge on any atom is 0.341 e. The molecule has 0 aliphatic carbocycles. The number of hydrogen-bond acceptors (Lipinski definition) is 4. The van der Waals surface area contributed by atoms with E-state index in [2.05, 4.69) is 4.98 Å². The van der Waals surface area contributed by atoms with Crippen molar-refractivity contribution < 1.29 is 19.4 Å². The van der Waals surface area contributed by atoms with Gasteiger partial charge >= 0.3 is 5.97 Å². The summed E-state index contributed by atoms with van der Waals surface area (Å²) in [5, 5.41) is 9.12. The molecule has 5 nitrogen and oxygen atoms in total. The third kappa shape index (κ3) is 2.65. The number of aromatic carboxylic acids is 1. The van der Waals surface area contributed by atoms with Crippen LogP contribution in [0.15, 0.2) is 36.5 Å². The van der Waals surface area contributed by atoms with E-state index >= 15 is 0 Å². The highest BCUT2D eigenvalue weighted by Crippen LogP contribution is 2.26. The second-order valence-electron chi connectivity index (χ2n) is 3.82. The van der Waals surface area contributed by atoms with Crippen molar-refractivity contribution in [3.05, 3.63) is 42.1 Å². The van der Waals surface area contributed by atoms with E-state index in [1.54, 1.807) is 13.3 Å². The highest BCUT2D eigenvalue weighted by atomic mass is 16.5. The number of carbonyl (C=O) groups is 1. The lowest BCUT2D eigenvalue weighted by atomic mass is 10.1. The van der Waals surface area contributed by atoms with Gasteiger partial charge in [0.1, 0.15) is 11.3 Å². The summed E-state index contributed by atoms with van der Waals surface area (Å²) in [6.07, 6.45) is 1.57. The minimum Gasteiger partial charge on any atom is -0.497 e. The zero-order chi connectivity index (χ0) is 13.8. The van der Waals surface area contributed by atoms with Crippen LogP contribution < -0.4 is 9.47 Å². The molecule has 0 aliphatic heterocycles. The van der Waals surface area contributed by atoms with Gasteiger partial charge in [-0.3, -0.25) is 0 Å². The lowest BCUT2D eigenvalue weighted by Crippen LogP contribution is -2.02. The predicted octanol–water partition coefficient (Wildman–Crippen LogP) is 2.46. The summed E-state index contributed by atoms with van der Waals surface area (Å²) in [7, 11) is 2.97. The van der Waals surface area contributed by atoms with Crippen LogP contribution in [0.2, 0.25) is 0 Å². The van der Waals surface area contributed by atoms with Crippen LogP contribution in [0.5, 0.6) is 11.6 Å². The maximum atomic E-state index is 11.1. The number of carboxylic acids is 1. The van der Waals surface area contributed by atoms with Crippen LogP contribution in [0.4, 0.5) is 0 Å². The van der Waals surface area contributed by atoms with Crippen LogP contribution in [-0.2, 0) is 0 Å². The zero-order valence-electron chi connectivity index (χ0n) is 10.6. The van der Waals surface area contributed by atoms with Gasteiger partial charge in [-0.1, -0.05) is 12.1 Å². The first-order valence-electron chi connectivity index (χ1n) is 5.57. The van der Waals surface area contributed by atoms with Gasteiger partial charge in [0, 0.05) is 11.8 Å². The Morgan fingerprint density at radius 1 is 1.16 bits per heavy atom. The smallest absolute Gasteiger partial charge is 0.341 e. The quantitative estimate of drug-likeness (QED) is 0.913. The van der Waals surface area contributed by atoms with Crippen molar-refractivity contribution in [3.8, 4) is 22.8 Å². The molecule has 0 saturated carbocycles. The fraction of sp³-hybridized carbons (Fsp3) is 0.143. The molecular weight excluding hydrogens is 246 g/mol. The molecular formula is C14H13NO4. The van der Waals surface area contributed by atoms with E-state index in [0.29, 0.717) is 11.3 Å². The Hall–Kier alpha value is -2.56. The summed E-state index contributed by atoms with van der Waals surface area (Å²) in [6, 6.07) is 8.85. The van der Waals surface area contributed by atoms with E-state index in [1.165, 1.54) is 13.2 Å². The molecule has 1 aromatic carbocycles. The van der Waals surface area contributed by atoms with Gasteiger partial charge in [-0.05, 0) is 23.8 Å². The molecule has 1 aromatic heterocycles. The molecule has 19 heavy (non-hydrogen) atoms. The molecule has 5 heteroatoms. The van der Waals surface area contributed by atoms with Crippen LogP contribution in [-0.4, -0.2) is 30.3 Å². The van der Waals surface area contributed by atoms with E-state index in [-0.39, 0.29) is 11.4 Å². The number of benzene rings is 1. The number of pyridine rings is 1. The van der Waals surface area contributed by atoms with Crippen molar-refractivity contribution in [1.82, 2.24) is 4.98 Å². The zero-order valence-corrected chi connectivity index (χ0v) is 10.6. The van der Waals surface area contributed by atoms with E-state index in [4.69, 9.17) is 14.6 Å². The van der Waals surface area contributed by atoms with Crippen molar-refractivity contribution in [2.45, 2.75) is 0 Å². The number of methoxy groups -OCH3 is 2. The van der Waals surface area contributed by atoms with Gasteiger partial charge in [0.25, 0.3) is 0 Å². The predicted molar refractivity (Wildman–Crippen MR) is 69.7 cm³/mol. The van der Waals surface area contributed by atoms with Crippen molar-refractivity contribution in [2.75, 3.05) is 14.2 Å². The minimum atomic E-state index is -1.07. The first-order valence-corrected chi connectivity index (χ1v) is 5.57. The van der Waals surface area contributed by atoms with Crippen LogP contribution in [0, 0.1) is 0 Å². The number of carboxylic acid groups (broad SMARTS) is 1. The van der Waals surface area contributed by atoms with Crippen molar-refractivity contribution in [3.63, 3.8) is 0 Å². The standard InChI is InChI=1S/C14H13NO4/c1-18-11-5-3-4-9(6-11)10-7-12(14(16)17)13(19-2)15-8-10/h3-8H,1-2H3,(H,16,17). The van der Waals surface area contributed by atoms with E-state index < -0.39 is 5.97 Å². The van der Waals surface area contributed by atoms with Crippen LogP contribution >= 0.6 is 0 Å². The molecule has 2 aromatic rings. The largest absolute Gasteiger partial charge is 0.497 e. The SMILES string of the molecule is COc1cccc(-c2cnc(OC)c(C(=O)O)c2)c1. The molecule has 98 valence electrons. The van der Waals surface area contributed by atoms with E-state index in [9.17, 15) is 4.79 Å². The third-order valence-corrected chi connectivity index (χ3v) is 2.68. The molecule has 2 rings (SSSR count). The Kier molecular flexibility index (Phi) is 3.66. The third-order valence-electron chi connectivity index (χ3n) is 2.68. The van der Waals surface area contributed by atoms with Crippen molar-refractivity contribution >= 4 is 5.97 Å². The Bertz CT molecular complexity index is 610. The maximum absolute atomic E-state index is 11.1. The molecule has 0 unspecified atom stereocenters. The summed E-state index contributed by atoms with van der Waals surface area (Å²) < 4.78 is 10.1. The molecule has 0 spiro atoms. The van der Waals surface area contributed by atoms with Gasteiger partial charge in [-0.2, -0.15) is 0 Å². The molecule has 1 heterocycles. The molecule has 0 atom stereocenters. The summed E-state index contributed by atoms with van der Waals surface area (Å²) in [4.78, 5) is 15.1. The fourth-order valence-corrected chi connectivity index (χ4v) is 1.73. The van der Waals surface area contributed by atoms with E-state index in [0.717, 1.165) is 5.56 Å². The average Bonchev–Trinajstić information content (AvgIpc) is 2.46. The number of nitrogens with zero attached hydrogens (tertiary/aromatic N) is 1. The number of hydrogen-bond donors (Lipinski definition) is 1. The number of ether oxygens (including phenoxy) is 2. The van der Waals surface area contributed by atoms with Gasteiger partial charge in [-0.25, -0.2) is 9.78 Å². The summed E-state index contributed by atoms with van der Waals surface area (Å²) in [5.74, 6) is -0.279. The summed E-state index contributed by atoms with van der Waals surface area (Å²) >= 11 is 0. The fourth-order valence-electron chi connectivity index (χ4n) is 1.73. The van der Waals surface area contributed by atoms with Crippen molar-refractivity contribution in [2.24, 2.45) is 0 Å². The Morgan fingerprint density at radius 2 is 1.95 bits per heavy atom. The number of aromatic nitrogens is 1. The van der Waals surface area contributed by atoms with Gasteiger partial charge in [0.15, 0.2) is 0 Å². The Labute approximate surface area is 110 Å².